The van der Waals surface area contributed by atoms with E-state index in [9.17, 15) is 4.79 Å². The Morgan fingerprint density at radius 2 is 1.77 bits per heavy atom. The smallest absolute Gasteiger partial charge is 0.324 e. The number of amides is 2. The van der Waals surface area contributed by atoms with Gasteiger partial charge < -0.3 is 10.6 Å². The Bertz CT molecular complexity index is 532. The molecule has 4 heteroatoms. The van der Waals surface area contributed by atoms with Gasteiger partial charge in [0, 0.05) is 36.8 Å². The van der Waals surface area contributed by atoms with Crippen LogP contribution in [0.3, 0.4) is 0 Å². The van der Waals surface area contributed by atoms with Gasteiger partial charge in [0.1, 0.15) is 0 Å². The van der Waals surface area contributed by atoms with Crippen molar-refractivity contribution < 1.29 is 4.79 Å². The van der Waals surface area contributed by atoms with E-state index in [0.717, 1.165) is 25.3 Å². The molecule has 1 saturated heterocycles. The molecule has 2 aliphatic rings. The van der Waals surface area contributed by atoms with Crippen LogP contribution in [-0.4, -0.2) is 36.6 Å². The van der Waals surface area contributed by atoms with E-state index in [2.05, 4.69) is 38.1 Å². The molecule has 4 nitrogen and oxygen atoms in total. The Balaban J connectivity index is 1.79. The van der Waals surface area contributed by atoms with E-state index >= 15 is 0 Å². The van der Waals surface area contributed by atoms with E-state index < -0.39 is 0 Å². The summed E-state index contributed by atoms with van der Waals surface area (Å²) in [5.41, 5.74) is 8.57. The molecule has 0 aromatic heterocycles. The Kier molecular flexibility index (Phi) is 4.13. The Morgan fingerprint density at radius 1 is 1.14 bits per heavy atom. The van der Waals surface area contributed by atoms with Gasteiger partial charge in [0.25, 0.3) is 0 Å². The van der Waals surface area contributed by atoms with E-state index in [1.165, 1.54) is 31.2 Å². The van der Waals surface area contributed by atoms with Crippen molar-refractivity contribution in [3.63, 3.8) is 0 Å². The predicted molar refractivity (Wildman–Crippen MR) is 90.2 cm³/mol. The summed E-state index contributed by atoms with van der Waals surface area (Å²) in [5.74, 6) is 0. The monoisotopic (exact) mass is 301 g/mol. The van der Waals surface area contributed by atoms with Crippen molar-refractivity contribution in [3.8, 4) is 0 Å². The van der Waals surface area contributed by atoms with Gasteiger partial charge in [-0.1, -0.05) is 25.0 Å². The van der Waals surface area contributed by atoms with Crippen LogP contribution in [0, 0.1) is 0 Å². The standard InChI is InChI=1S/C18H27N3O/c1-14(2)20-11-12-21(17(20)22)16-7-5-15(6-8-16)18(13-19)9-3-4-10-18/h5-8,14H,3-4,9-13,19H2,1-2H3. The van der Waals surface area contributed by atoms with Gasteiger partial charge in [-0.15, -0.1) is 0 Å². The molecule has 1 heterocycles. The number of benzene rings is 1. The highest BCUT2D eigenvalue weighted by molar-refractivity contribution is 5.94. The fourth-order valence-electron chi connectivity index (χ4n) is 3.93. The summed E-state index contributed by atoms with van der Waals surface area (Å²) < 4.78 is 0. The number of carbonyl (C=O) groups excluding carboxylic acids is 1. The number of carbonyl (C=O) groups is 1. The fourth-order valence-corrected chi connectivity index (χ4v) is 3.93. The first-order valence-electron chi connectivity index (χ1n) is 8.46. The molecule has 0 bridgehead atoms. The molecule has 1 saturated carbocycles. The van der Waals surface area contributed by atoms with Gasteiger partial charge in [0.15, 0.2) is 0 Å². The van der Waals surface area contributed by atoms with Crippen LogP contribution in [0.25, 0.3) is 0 Å². The molecular formula is C18H27N3O. The molecule has 0 unspecified atom stereocenters. The summed E-state index contributed by atoms with van der Waals surface area (Å²) in [5, 5.41) is 0. The largest absolute Gasteiger partial charge is 0.330 e. The molecule has 0 radical (unpaired) electrons. The minimum Gasteiger partial charge on any atom is -0.330 e. The zero-order valence-corrected chi connectivity index (χ0v) is 13.7. The van der Waals surface area contributed by atoms with Crippen molar-refractivity contribution in [2.45, 2.75) is 51.0 Å². The van der Waals surface area contributed by atoms with Gasteiger partial charge in [-0.3, -0.25) is 4.90 Å². The highest BCUT2D eigenvalue weighted by Gasteiger charge is 2.35. The summed E-state index contributed by atoms with van der Waals surface area (Å²) >= 11 is 0. The van der Waals surface area contributed by atoms with Crippen molar-refractivity contribution in [3.05, 3.63) is 29.8 Å². The van der Waals surface area contributed by atoms with Crippen LogP contribution >= 0.6 is 0 Å². The van der Waals surface area contributed by atoms with E-state index in [1.807, 2.05) is 9.80 Å². The molecule has 2 N–H and O–H groups in total. The van der Waals surface area contributed by atoms with Crippen LogP contribution < -0.4 is 10.6 Å². The molecule has 2 amide bonds. The first-order chi connectivity index (χ1) is 10.6. The predicted octanol–water partition coefficient (Wildman–Crippen LogP) is 3.11. The lowest BCUT2D eigenvalue weighted by molar-refractivity contribution is 0.209. The van der Waals surface area contributed by atoms with E-state index in [4.69, 9.17) is 5.73 Å². The quantitative estimate of drug-likeness (QED) is 0.929. The number of rotatable bonds is 4. The number of hydrogen-bond donors (Lipinski definition) is 1. The summed E-state index contributed by atoms with van der Waals surface area (Å²) in [7, 11) is 0. The van der Waals surface area contributed by atoms with Crippen LogP contribution in [0.15, 0.2) is 24.3 Å². The zero-order valence-electron chi connectivity index (χ0n) is 13.7. The van der Waals surface area contributed by atoms with Crippen molar-refractivity contribution >= 4 is 11.7 Å². The summed E-state index contributed by atoms with van der Waals surface area (Å²) in [6.07, 6.45) is 4.92. The Hall–Kier alpha value is -1.55. The average Bonchev–Trinajstić information content (AvgIpc) is 3.15. The third-order valence-corrected chi connectivity index (χ3v) is 5.41. The summed E-state index contributed by atoms with van der Waals surface area (Å²) in [4.78, 5) is 16.2. The molecule has 0 spiro atoms. The second-order valence-electron chi connectivity index (χ2n) is 6.96. The molecule has 3 rings (SSSR count). The molecular weight excluding hydrogens is 274 g/mol. The normalized spacial score (nSPS) is 21.2. The number of anilines is 1. The minimum atomic E-state index is 0.122. The van der Waals surface area contributed by atoms with Gasteiger partial charge in [0.2, 0.25) is 0 Å². The molecule has 1 aliphatic carbocycles. The summed E-state index contributed by atoms with van der Waals surface area (Å²) in [6.45, 7) is 6.44. The summed E-state index contributed by atoms with van der Waals surface area (Å²) in [6, 6.07) is 8.92. The van der Waals surface area contributed by atoms with Gasteiger partial charge in [-0.05, 0) is 44.4 Å². The zero-order chi connectivity index (χ0) is 15.7. The molecule has 1 aromatic carbocycles. The molecule has 120 valence electrons. The molecule has 1 aromatic rings. The maximum Gasteiger partial charge on any atom is 0.324 e. The van der Waals surface area contributed by atoms with E-state index in [1.54, 1.807) is 0 Å². The van der Waals surface area contributed by atoms with E-state index in [0.29, 0.717) is 0 Å². The van der Waals surface area contributed by atoms with Gasteiger partial charge in [0.05, 0.1) is 0 Å². The van der Waals surface area contributed by atoms with Crippen molar-refractivity contribution in [2.75, 3.05) is 24.5 Å². The second kappa shape index (κ2) is 5.92. The highest BCUT2D eigenvalue weighted by Crippen LogP contribution is 2.40. The minimum absolute atomic E-state index is 0.122. The maximum atomic E-state index is 12.4. The molecule has 0 atom stereocenters. The number of nitrogens with zero attached hydrogens (tertiary/aromatic N) is 2. The first kappa shape index (κ1) is 15.3. The fraction of sp³-hybridized carbons (Fsp3) is 0.611. The van der Waals surface area contributed by atoms with Crippen LogP contribution in [-0.2, 0) is 5.41 Å². The topological polar surface area (TPSA) is 49.6 Å². The SMILES string of the molecule is CC(C)N1CCN(c2ccc(C3(CN)CCCC3)cc2)C1=O. The van der Waals surface area contributed by atoms with Crippen molar-refractivity contribution in [1.29, 1.82) is 0 Å². The number of urea groups is 1. The highest BCUT2D eigenvalue weighted by atomic mass is 16.2. The molecule has 22 heavy (non-hydrogen) atoms. The Labute approximate surface area is 133 Å². The van der Waals surface area contributed by atoms with Crippen LogP contribution in [0.4, 0.5) is 10.5 Å². The lowest BCUT2D eigenvalue weighted by Gasteiger charge is -2.28. The van der Waals surface area contributed by atoms with Crippen LogP contribution in [0.2, 0.25) is 0 Å². The van der Waals surface area contributed by atoms with Crippen LogP contribution in [0.1, 0.15) is 45.1 Å². The lowest BCUT2D eigenvalue weighted by atomic mass is 9.79. The van der Waals surface area contributed by atoms with Crippen molar-refractivity contribution in [1.82, 2.24) is 4.90 Å². The van der Waals surface area contributed by atoms with Crippen LogP contribution in [0.5, 0.6) is 0 Å². The third-order valence-electron chi connectivity index (χ3n) is 5.41. The number of nitrogens with two attached hydrogens (primary N) is 1. The number of hydrogen-bond acceptors (Lipinski definition) is 2. The van der Waals surface area contributed by atoms with E-state index in [-0.39, 0.29) is 17.5 Å². The molecule has 1 aliphatic heterocycles. The van der Waals surface area contributed by atoms with Gasteiger partial charge in [-0.25, -0.2) is 4.79 Å². The maximum absolute atomic E-state index is 12.4. The third kappa shape index (κ3) is 2.50. The average molecular weight is 301 g/mol. The van der Waals surface area contributed by atoms with Gasteiger partial charge >= 0.3 is 6.03 Å². The molecule has 2 fully saturated rings. The first-order valence-corrected chi connectivity index (χ1v) is 8.46. The second-order valence-corrected chi connectivity index (χ2v) is 6.96. The van der Waals surface area contributed by atoms with Crippen molar-refractivity contribution in [2.24, 2.45) is 5.73 Å². The Morgan fingerprint density at radius 3 is 2.27 bits per heavy atom. The lowest BCUT2D eigenvalue weighted by Crippen LogP contribution is -2.36. The van der Waals surface area contributed by atoms with Gasteiger partial charge in [-0.2, -0.15) is 0 Å².